The highest BCUT2D eigenvalue weighted by Crippen LogP contribution is 2.22. The molecule has 0 heterocycles. The maximum atomic E-state index is 4.40. The van der Waals surface area contributed by atoms with Crippen LogP contribution in [-0.2, 0) is 0 Å². The molecule has 0 aliphatic carbocycles. The van der Waals surface area contributed by atoms with Gasteiger partial charge in [0.15, 0.2) is 0 Å². The summed E-state index contributed by atoms with van der Waals surface area (Å²) in [5, 5.41) is 1.32. The third-order valence-corrected chi connectivity index (χ3v) is 8.52. The Labute approximate surface area is 149 Å². The fourth-order valence-corrected chi connectivity index (χ4v) is 6.28. The minimum Gasteiger partial charge on any atom is -0.179 e. The van der Waals surface area contributed by atoms with Crippen molar-refractivity contribution in [2.45, 2.75) is 10.5 Å². The molecular weight excluding hydrogens is 355 g/mol. The van der Waals surface area contributed by atoms with Crippen LogP contribution in [0, 0.1) is 0 Å². The molecule has 0 amide bonds. The van der Waals surface area contributed by atoms with Gasteiger partial charge in [0.25, 0.3) is 0 Å². The molecule has 0 N–H and O–H groups in total. The molecule has 0 aromatic heterocycles. The molecule has 0 saturated carbocycles. The SMILES string of the molecule is SCCSC(CS)CSCC(CS)SCCS.[B]. The van der Waals surface area contributed by atoms with Crippen LogP contribution >= 0.6 is 85.8 Å². The Morgan fingerprint density at radius 3 is 1.39 bits per heavy atom. The van der Waals surface area contributed by atoms with E-state index in [1.54, 1.807) is 0 Å². The van der Waals surface area contributed by atoms with Crippen LogP contribution in [0.2, 0.25) is 0 Å². The summed E-state index contributed by atoms with van der Waals surface area (Å²) in [7, 11) is 0. The lowest BCUT2D eigenvalue weighted by atomic mass is 10.5. The molecule has 107 valence electrons. The van der Waals surface area contributed by atoms with Crippen molar-refractivity contribution >= 4 is 94.2 Å². The lowest BCUT2D eigenvalue weighted by molar-refractivity contribution is 1.12. The first-order chi connectivity index (χ1) is 8.28. The molecule has 18 heavy (non-hydrogen) atoms. The van der Waals surface area contributed by atoms with Crippen molar-refractivity contribution in [2.24, 2.45) is 0 Å². The molecule has 0 saturated heterocycles. The maximum absolute atomic E-state index is 4.40. The van der Waals surface area contributed by atoms with Gasteiger partial charge in [0.05, 0.1) is 0 Å². The van der Waals surface area contributed by atoms with Crippen molar-refractivity contribution in [3.63, 3.8) is 0 Å². The third kappa shape index (κ3) is 13.5. The van der Waals surface area contributed by atoms with E-state index >= 15 is 0 Å². The van der Waals surface area contributed by atoms with Crippen LogP contribution in [0.5, 0.6) is 0 Å². The first kappa shape index (κ1) is 22.8. The van der Waals surface area contributed by atoms with Gasteiger partial charge in [0, 0.05) is 53.4 Å². The Morgan fingerprint density at radius 2 is 1.11 bits per heavy atom. The van der Waals surface area contributed by atoms with Gasteiger partial charge in [0.1, 0.15) is 0 Å². The number of hydrogen-bond acceptors (Lipinski definition) is 7. The molecule has 8 heteroatoms. The average molecular weight is 378 g/mol. The summed E-state index contributed by atoms with van der Waals surface area (Å²) in [4.78, 5) is 0. The van der Waals surface area contributed by atoms with Gasteiger partial charge >= 0.3 is 0 Å². The highest BCUT2D eigenvalue weighted by molar-refractivity contribution is 8.05. The van der Waals surface area contributed by atoms with Gasteiger partial charge in [-0.15, -0.1) is 0 Å². The Morgan fingerprint density at radius 1 is 0.722 bits per heavy atom. The van der Waals surface area contributed by atoms with Crippen molar-refractivity contribution in [3.05, 3.63) is 0 Å². The topological polar surface area (TPSA) is 0 Å². The second-order valence-electron chi connectivity index (χ2n) is 3.34. The van der Waals surface area contributed by atoms with Gasteiger partial charge in [0.2, 0.25) is 0 Å². The van der Waals surface area contributed by atoms with Crippen LogP contribution in [0.25, 0.3) is 0 Å². The van der Waals surface area contributed by atoms with Crippen molar-refractivity contribution in [3.8, 4) is 0 Å². The van der Waals surface area contributed by atoms with Gasteiger partial charge in [-0.05, 0) is 11.5 Å². The van der Waals surface area contributed by atoms with Gasteiger partial charge in [-0.2, -0.15) is 85.8 Å². The Kier molecular flexibility index (Phi) is 22.2. The van der Waals surface area contributed by atoms with Crippen molar-refractivity contribution in [1.29, 1.82) is 0 Å². The van der Waals surface area contributed by atoms with Crippen LogP contribution in [0.3, 0.4) is 0 Å². The second-order valence-corrected chi connectivity index (χ2v) is 8.85. The van der Waals surface area contributed by atoms with Crippen LogP contribution in [0.15, 0.2) is 0 Å². The van der Waals surface area contributed by atoms with E-state index < -0.39 is 0 Å². The van der Waals surface area contributed by atoms with Crippen LogP contribution in [0.4, 0.5) is 0 Å². The van der Waals surface area contributed by atoms with Crippen LogP contribution in [-0.4, -0.2) is 64.9 Å². The molecule has 0 spiro atoms. The summed E-state index contributed by atoms with van der Waals surface area (Å²) in [6.07, 6.45) is 0. The van der Waals surface area contributed by atoms with Crippen LogP contribution < -0.4 is 0 Å². The third-order valence-electron chi connectivity index (χ3n) is 1.90. The van der Waals surface area contributed by atoms with Gasteiger partial charge in [-0.1, -0.05) is 0 Å². The lowest BCUT2D eigenvalue weighted by Crippen LogP contribution is -2.14. The Balaban J connectivity index is 0. The predicted octanol–water partition coefficient (Wildman–Crippen LogP) is 3.26. The zero-order valence-electron chi connectivity index (χ0n) is 10.4. The molecule has 0 nitrogen and oxygen atoms in total. The van der Waals surface area contributed by atoms with E-state index in [1.165, 1.54) is 11.5 Å². The van der Waals surface area contributed by atoms with E-state index in [9.17, 15) is 0 Å². The smallest absolute Gasteiger partial charge is 0.0226 e. The van der Waals surface area contributed by atoms with Crippen molar-refractivity contribution < 1.29 is 0 Å². The minimum absolute atomic E-state index is 0. The summed E-state index contributed by atoms with van der Waals surface area (Å²) in [5.41, 5.74) is 0. The van der Waals surface area contributed by atoms with E-state index in [1.807, 2.05) is 35.3 Å². The normalized spacial score (nSPS) is 14.0. The van der Waals surface area contributed by atoms with E-state index in [4.69, 9.17) is 0 Å². The fraction of sp³-hybridized carbons (Fsp3) is 1.00. The summed E-state index contributed by atoms with van der Waals surface area (Å²) in [6.45, 7) is 0. The monoisotopic (exact) mass is 377 g/mol. The Hall–Kier alpha value is 2.51. The van der Waals surface area contributed by atoms with Crippen molar-refractivity contribution in [1.82, 2.24) is 0 Å². The largest absolute Gasteiger partial charge is 0.179 e. The van der Waals surface area contributed by atoms with Gasteiger partial charge in [-0.25, -0.2) is 0 Å². The summed E-state index contributed by atoms with van der Waals surface area (Å²) >= 11 is 23.3. The van der Waals surface area contributed by atoms with E-state index in [-0.39, 0.29) is 8.41 Å². The first-order valence-corrected chi connectivity index (χ1v) is 11.3. The second kappa shape index (κ2) is 17.6. The number of thiol groups is 4. The molecule has 2 unspecified atom stereocenters. The molecule has 2 atom stereocenters. The van der Waals surface area contributed by atoms with Crippen molar-refractivity contribution in [2.75, 3.05) is 46.0 Å². The standard InChI is InChI=1S/C10H22S7.B/c11-1-3-16-9(5-13)7-15-8-10(6-14)17-4-2-12;/h9-14H,1-8H2;. The minimum atomic E-state index is 0. The maximum Gasteiger partial charge on any atom is 0.0226 e. The molecular formula is C10H22BS7. The number of thioether (sulfide) groups is 3. The molecule has 0 bridgehead atoms. The number of rotatable bonds is 12. The number of hydrogen-bond donors (Lipinski definition) is 4. The van der Waals surface area contributed by atoms with Crippen LogP contribution in [0.1, 0.15) is 0 Å². The van der Waals surface area contributed by atoms with Gasteiger partial charge < -0.3 is 0 Å². The predicted molar refractivity (Wildman–Crippen MR) is 111 cm³/mol. The Bertz CT molecular complexity index is 145. The molecule has 3 radical (unpaired) electrons. The zero-order valence-corrected chi connectivity index (χ0v) is 16.4. The summed E-state index contributed by atoms with van der Waals surface area (Å²) in [5.74, 6) is 8.45. The average Bonchev–Trinajstić information content (AvgIpc) is 2.37. The lowest BCUT2D eigenvalue weighted by Gasteiger charge is -2.16. The molecule has 0 aromatic carbocycles. The molecule has 0 aliphatic heterocycles. The molecule has 0 fully saturated rings. The van der Waals surface area contributed by atoms with Gasteiger partial charge in [-0.3, -0.25) is 0 Å². The van der Waals surface area contributed by atoms with E-state index in [2.05, 4.69) is 50.5 Å². The summed E-state index contributed by atoms with van der Waals surface area (Å²) < 4.78 is 0. The first-order valence-electron chi connectivity index (χ1n) is 5.52. The zero-order chi connectivity index (χ0) is 12.9. The highest BCUT2D eigenvalue weighted by Gasteiger charge is 2.10. The summed E-state index contributed by atoms with van der Waals surface area (Å²) in [6, 6.07) is 0. The van der Waals surface area contributed by atoms with E-state index in [0.717, 1.165) is 34.5 Å². The molecule has 0 aromatic rings. The fourth-order valence-electron chi connectivity index (χ4n) is 1.08. The highest BCUT2D eigenvalue weighted by atomic mass is 32.2. The quantitative estimate of drug-likeness (QED) is 0.305. The molecule has 0 aliphatic rings. The molecule has 0 rings (SSSR count). The van der Waals surface area contributed by atoms with E-state index in [0.29, 0.717) is 10.5 Å².